The van der Waals surface area contributed by atoms with E-state index in [1.165, 1.54) is 49.9 Å². The lowest BCUT2D eigenvalue weighted by molar-refractivity contribution is 0.0601. The molecule has 2 aliphatic rings. The summed E-state index contributed by atoms with van der Waals surface area (Å²) in [6.07, 6.45) is 7.01. The highest BCUT2D eigenvalue weighted by Gasteiger charge is 2.27. The lowest BCUT2D eigenvalue weighted by Gasteiger charge is -2.26. The number of rotatable bonds is 5. The summed E-state index contributed by atoms with van der Waals surface area (Å²) < 4.78 is 5.00. The number of hydrogen-bond donors (Lipinski definition) is 2. The summed E-state index contributed by atoms with van der Waals surface area (Å²) in [6.45, 7) is 3.40. The molecule has 0 atom stereocenters. The van der Waals surface area contributed by atoms with Crippen molar-refractivity contribution in [2.75, 3.05) is 30.8 Å². The first kappa shape index (κ1) is 20.3. The van der Waals surface area contributed by atoms with Crippen molar-refractivity contribution in [3.05, 3.63) is 45.8 Å². The van der Waals surface area contributed by atoms with Crippen molar-refractivity contribution < 1.29 is 9.53 Å². The van der Waals surface area contributed by atoms with E-state index < -0.39 is 0 Å². The molecule has 0 radical (unpaired) electrons. The molecule has 1 saturated heterocycles. The molecule has 0 unspecified atom stereocenters. The fraction of sp³-hybridized carbons (Fsp3) is 0.455. The summed E-state index contributed by atoms with van der Waals surface area (Å²) in [5.74, 6) is -0.295. The molecular weight excluding hydrogens is 402 g/mol. The van der Waals surface area contributed by atoms with Gasteiger partial charge < -0.3 is 15.4 Å². The third-order valence-electron chi connectivity index (χ3n) is 5.60. The molecule has 0 amide bonds. The molecule has 2 aromatic rings. The molecule has 1 aliphatic heterocycles. The molecule has 4 rings (SSSR count). The first-order valence-corrected chi connectivity index (χ1v) is 11.5. The Bertz CT molecular complexity index is 886. The number of piperidine rings is 1. The van der Waals surface area contributed by atoms with E-state index in [4.69, 9.17) is 17.0 Å². The molecule has 29 heavy (non-hydrogen) atoms. The molecule has 1 aliphatic carbocycles. The van der Waals surface area contributed by atoms with Gasteiger partial charge in [0.05, 0.1) is 12.7 Å². The number of likely N-dealkylation sites (tertiary alicyclic amines) is 1. The number of nitrogens with zero attached hydrogens (tertiary/aromatic N) is 1. The van der Waals surface area contributed by atoms with Crippen molar-refractivity contribution in [3.63, 3.8) is 0 Å². The Morgan fingerprint density at radius 1 is 1.10 bits per heavy atom. The molecule has 154 valence electrons. The zero-order valence-electron chi connectivity index (χ0n) is 16.8. The van der Waals surface area contributed by atoms with E-state index in [-0.39, 0.29) is 5.97 Å². The zero-order chi connectivity index (χ0) is 20.2. The van der Waals surface area contributed by atoms with Gasteiger partial charge in [0, 0.05) is 17.1 Å². The molecule has 2 heterocycles. The van der Waals surface area contributed by atoms with Crippen molar-refractivity contribution in [3.8, 4) is 0 Å². The monoisotopic (exact) mass is 429 g/mol. The minimum atomic E-state index is -0.295. The maximum Gasteiger partial charge on any atom is 0.341 e. The molecule has 0 saturated carbocycles. The fourth-order valence-corrected chi connectivity index (χ4v) is 5.71. The van der Waals surface area contributed by atoms with Gasteiger partial charge in [0.25, 0.3) is 0 Å². The summed E-state index contributed by atoms with van der Waals surface area (Å²) in [4.78, 5) is 16.1. The third-order valence-corrected chi connectivity index (χ3v) is 7.02. The zero-order valence-corrected chi connectivity index (χ0v) is 18.4. The number of benzene rings is 1. The number of thiophene rings is 1. The van der Waals surface area contributed by atoms with Crippen LogP contribution in [0, 0.1) is 0 Å². The Balaban J connectivity index is 1.38. The van der Waals surface area contributed by atoms with Crippen molar-refractivity contribution in [2.24, 2.45) is 0 Å². The Morgan fingerprint density at radius 2 is 1.86 bits per heavy atom. The number of ether oxygens (including phenoxy) is 1. The Hall–Kier alpha value is -1.96. The highest BCUT2D eigenvalue weighted by Crippen LogP contribution is 2.39. The van der Waals surface area contributed by atoms with E-state index in [0.29, 0.717) is 10.7 Å². The van der Waals surface area contributed by atoms with Gasteiger partial charge in [-0.2, -0.15) is 0 Å². The summed E-state index contributed by atoms with van der Waals surface area (Å²) in [6, 6.07) is 8.42. The summed E-state index contributed by atoms with van der Waals surface area (Å²) in [5.41, 5.74) is 4.02. The highest BCUT2D eigenvalue weighted by molar-refractivity contribution is 7.80. The van der Waals surface area contributed by atoms with Crippen molar-refractivity contribution in [1.82, 2.24) is 4.90 Å². The number of esters is 1. The van der Waals surface area contributed by atoms with Crippen LogP contribution in [-0.4, -0.2) is 36.2 Å². The van der Waals surface area contributed by atoms with E-state index in [1.807, 2.05) is 0 Å². The SMILES string of the molecule is COC(=O)c1c(NC(=S)Nc2ccc(CN3CCCCC3)cc2)sc2c1CCC2. The van der Waals surface area contributed by atoms with Gasteiger partial charge in [-0.15, -0.1) is 11.3 Å². The van der Waals surface area contributed by atoms with Crippen LogP contribution < -0.4 is 10.6 Å². The second kappa shape index (κ2) is 9.24. The number of thiocarbonyl (C=S) groups is 1. The highest BCUT2D eigenvalue weighted by atomic mass is 32.1. The first-order chi connectivity index (χ1) is 14.1. The van der Waals surface area contributed by atoms with E-state index in [0.717, 1.165) is 42.1 Å². The molecule has 2 N–H and O–H groups in total. The van der Waals surface area contributed by atoms with Gasteiger partial charge in [0.15, 0.2) is 5.11 Å². The van der Waals surface area contributed by atoms with E-state index in [9.17, 15) is 4.79 Å². The van der Waals surface area contributed by atoms with Crippen LogP contribution in [-0.2, 0) is 24.1 Å². The van der Waals surface area contributed by atoms with E-state index >= 15 is 0 Å². The third kappa shape index (κ3) is 4.79. The van der Waals surface area contributed by atoms with E-state index in [1.54, 1.807) is 11.3 Å². The predicted molar refractivity (Wildman–Crippen MR) is 123 cm³/mol. The average molecular weight is 430 g/mol. The smallest absolute Gasteiger partial charge is 0.341 e. The number of carbonyl (C=O) groups is 1. The van der Waals surface area contributed by atoms with Crippen LogP contribution in [0.5, 0.6) is 0 Å². The van der Waals surface area contributed by atoms with Crippen molar-refractivity contribution in [2.45, 2.75) is 45.1 Å². The van der Waals surface area contributed by atoms with Crippen LogP contribution in [0.1, 0.15) is 52.0 Å². The Labute approximate surface area is 181 Å². The quantitative estimate of drug-likeness (QED) is 0.525. The lowest BCUT2D eigenvalue weighted by atomic mass is 10.1. The van der Waals surface area contributed by atoms with Crippen LogP contribution >= 0.6 is 23.6 Å². The maximum atomic E-state index is 12.3. The number of anilines is 2. The molecule has 5 nitrogen and oxygen atoms in total. The molecule has 0 spiro atoms. The number of methoxy groups -OCH3 is 1. The second-order valence-corrected chi connectivity index (χ2v) is 9.18. The molecule has 0 bridgehead atoms. The predicted octanol–water partition coefficient (Wildman–Crippen LogP) is 4.82. The van der Waals surface area contributed by atoms with Crippen LogP contribution in [0.25, 0.3) is 0 Å². The van der Waals surface area contributed by atoms with Crippen LogP contribution in [0.4, 0.5) is 10.7 Å². The summed E-state index contributed by atoms with van der Waals surface area (Å²) in [5, 5.41) is 7.71. The second-order valence-electron chi connectivity index (χ2n) is 7.67. The largest absolute Gasteiger partial charge is 0.465 e. The van der Waals surface area contributed by atoms with E-state index in [2.05, 4.69) is 39.8 Å². The van der Waals surface area contributed by atoms with Gasteiger partial charge in [-0.05, 0) is 80.7 Å². The van der Waals surface area contributed by atoms with Gasteiger partial charge in [0.1, 0.15) is 5.00 Å². The Kier molecular flexibility index (Phi) is 6.47. The number of fused-ring (bicyclic) bond motifs is 1. The number of hydrogen-bond acceptors (Lipinski definition) is 5. The first-order valence-electron chi connectivity index (χ1n) is 10.3. The van der Waals surface area contributed by atoms with Crippen molar-refractivity contribution >= 4 is 45.3 Å². The molecule has 7 heteroatoms. The lowest BCUT2D eigenvalue weighted by Crippen LogP contribution is -2.29. The fourth-order valence-electron chi connectivity index (χ4n) is 4.14. The molecular formula is C22H27N3O2S2. The number of carbonyl (C=O) groups excluding carboxylic acids is 1. The Morgan fingerprint density at radius 3 is 2.59 bits per heavy atom. The van der Waals surface area contributed by atoms with Crippen molar-refractivity contribution in [1.29, 1.82) is 0 Å². The van der Waals surface area contributed by atoms with Crippen LogP contribution in [0.15, 0.2) is 24.3 Å². The normalized spacial score (nSPS) is 16.3. The van der Waals surface area contributed by atoms with Gasteiger partial charge in [-0.25, -0.2) is 4.79 Å². The number of nitrogens with one attached hydrogen (secondary N) is 2. The van der Waals surface area contributed by atoms with Gasteiger partial charge in [0.2, 0.25) is 0 Å². The standard InChI is InChI=1S/C22H27N3O2S2/c1-27-21(26)19-17-6-5-7-18(17)29-20(19)24-22(28)23-16-10-8-15(9-11-16)14-25-12-3-2-4-13-25/h8-11H,2-7,12-14H2,1H3,(H2,23,24,28). The minimum absolute atomic E-state index is 0.295. The van der Waals surface area contributed by atoms with Gasteiger partial charge in [-0.1, -0.05) is 18.6 Å². The maximum absolute atomic E-state index is 12.3. The minimum Gasteiger partial charge on any atom is -0.465 e. The topological polar surface area (TPSA) is 53.6 Å². The van der Waals surface area contributed by atoms with Crippen LogP contribution in [0.3, 0.4) is 0 Å². The molecule has 1 aromatic heterocycles. The molecule has 1 aromatic carbocycles. The molecule has 1 fully saturated rings. The number of aryl methyl sites for hydroxylation is 1. The summed E-state index contributed by atoms with van der Waals surface area (Å²) in [7, 11) is 1.42. The average Bonchev–Trinajstić information content (AvgIpc) is 3.30. The summed E-state index contributed by atoms with van der Waals surface area (Å²) >= 11 is 7.10. The van der Waals surface area contributed by atoms with Gasteiger partial charge in [-0.3, -0.25) is 4.90 Å². The van der Waals surface area contributed by atoms with Crippen LogP contribution in [0.2, 0.25) is 0 Å². The van der Waals surface area contributed by atoms with Gasteiger partial charge >= 0.3 is 5.97 Å².